The van der Waals surface area contributed by atoms with Crippen LogP contribution in [0.4, 0.5) is 5.69 Å². The summed E-state index contributed by atoms with van der Waals surface area (Å²) < 4.78 is 5.34. The highest BCUT2D eigenvalue weighted by atomic mass is 32.2. The molecule has 5 heteroatoms. The summed E-state index contributed by atoms with van der Waals surface area (Å²) in [7, 11) is 1.86. The summed E-state index contributed by atoms with van der Waals surface area (Å²) in [5, 5.41) is 6.06. The number of thioether (sulfide) groups is 1. The second-order valence-corrected chi connectivity index (χ2v) is 5.14. The zero-order chi connectivity index (χ0) is 13.0. The highest BCUT2D eigenvalue weighted by molar-refractivity contribution is 7.98. The van der Waals surface area contributed by atoms with E-state index in [0.29, 0.717) is 13.2 Å². The van der Waals surface area contributed by atoms with E-state index in [1.807, 2.05) is 37.6 Å². The van der Waals surface area contributed by atoms with E-state index >= 15 is 0 Å². The second-order valence-electron chi connectivity index (χ2n) is 4.26. The minimum atomic E-state index is -0.118. The molecule has 2 N–H and O–H groups in total. The van der Waals surface area contributed by atoms with Crippen LogP contribution in [0, 0.1) is 5.92 Å². The third-order valence-corrected chi connectivity index (χ3v) is 3.85. The van der Waals surface area contributed by atoms with E-state index in [1.165, 1.54) is 0 Å². The molecule has 0 aromatic heterocycles. The molecule has 0 radical (unpaired) electrons. The van der Waals surface area contributed by atoms with Gasteiger partial charge in [-0.25, -0.2) is 0 Å². The van der Waals surface area contributed by atoms with Crippen LogP contribution in [-0.2, 0) is 9.53 Å². The van der Waals surface area contributed by atoms with Crippen LogP contribution >= 0.6 is 11.8 Å². The number of rotatable bonds is 4. The molecule has 1 heterocycles. The minimum Gasteiger partial charge on any atom is -0.379 e. The van der Waals surface area contributed by atoms with Crippen molar-refractivity contribution in [1.29, 1.82) is 0 Å². The monoisotopic (exact) mass is 266 g/mol. The van der Waals surface area contributed by atoms with Crippen LogP contribution in [0.2, 0.25) is 0 Å². The number of carbonyl (C=O) groups is 1. The molecule has 2 unspecified atom stereocenters. The van der Waals surface area contributed by atoms with E-state index in [9.17, 15) is 4.79 Å². The number of hydrogen-bond acceptors (Lipinski definition) is 4. The Balaban J connectivity index is 2.02. The molecule has 4 nitrogen and oxygen atoms in total. The molecule has 0 saturated carbocycles. The van der Waals surface area contributed by atoms with Gasteiger partial charge in [0.1, 0.15) is 0 Å². The third-order valence-electron chi connectivity index (χ3n) is 3.13. The van der Waals surface area contributed by atoms with Crippen LogP contribution in [0.15, 0.2) is 29.2 Å². The lowest BCUT2D eigenvalue weighted by molar-refractivity contribution is -0.120. The van der Waals surface area contributed by atoms with Gasteiger partial charge in [0.25, 0.3) is 0 Å². The maximum absolute atomic E-state index is 12.1. The predicted octanol–water partition coefficient (Wildman–Crippen LogP) is 1.58. The van der Waals surface area contributed by atoms with Gasteiger partial charge in [-0.15, -0.1) is 11.8 Å². The molecule has 18 heavy (non-hydrogen) atoms. The molecular weight excluding hydrogens is 248 g/mol. The SMILES string of the molecule is CNC1COCC1C(=O)Nc1cccc(SC)c1. The van der Waals surface area contributed by atoms with Crippen molar-refractivity contribution >= 4 is 23.4 Å². The van der Waals surface area contributed by atoms with E-state index < -0.39 is 0 Å². The van der Waals surface area contributed by atoms with E-state index in [4.69, 9.17) is 4.74 Å². The van der Waals surface area contributed by atoms with Crippen LogP contribution in [0.25, 0.3) is 0 Å². The first-order chi connectivity index (χ1) is 8.74. The summed E-state index contributed by atoms with van der Waals surface area (Å²) in [5.41, 5.74) is 0.841. The molecule has 2 atom stereocenters. The smallest absolute Gasteiger partial charge is 0.231 e. The first-order valence-electron chi connectivity index (χ1n) is 5.94. The predicted molar refractivity (Wildman–Crippen MR) is 74.0 cm³/mol. The maximum Gasteiger partial charge on any atom is 0.231 e. The van der Waals surface area contributed by atoms with Crippen LogP contribution in [0.1, 0.15) is 0 Å². The van der Waals surface area contributed by atoms with Crippen molar-refractivity contribution in [2.75, 3.05) is 31.8 Å². The molecule has 0 spiro atoms. The Bertz CT molecular complexity index is 425. The van der Waals surface area contributed by atoms with Gasteiger partial charge in [0.05, 0.1) is 19.1 Å². The Morgan fingerprint density at radius 1 is 1.44 bits per heavy atom. The number of carbonyl (C=O) groups excluding carboxylic acids is 1. The van der Waals surface area contributed by atoms with Crippen molar-refractivity contribution in [3.05, 3.63) is 24.3 Å². The number of amides is 1. The number of nitrogens with one attached hydrogen (secondary N) is 2. The summed E-state index contributed by atoms with van der Waals surface area (Å²) >= 11 is 1.66. The molecule has 1 aromatic carbocycles. The van der Waals surface area contributed by atoms with Gasteiger partial charge >= 0.3 is 0 Å². The van der Waals surface area contributed by atoms with Crippen LogP contribution < -0.4 is 10.6 Å². The zero-order valence-electron chi connectivity index (χ0n) is 10.6. The summed E-state index contributed by atoms with van der Waals surface area (Å²) in [4.78, 5) is 13.3. The molecule has 1 saturated heterocycles. The molecule has 1 aromatic rings. The molecule has 1 fully saturated rings. The van der Waals surface area contributed by atoms with Crippen molar-refractivity contribution < 1.29 is 9.53 Å². The number of benzene rings is 1. The quantitative estimate of drug-likeness (QED) is 0.813. The van der Waals surface area contributed by atoms with Crippen LogP contribution in [0.5, 0.6) is 0 Å². The lowest BCUT2D eigenvalue weighted by atomic mass is 10.0. The third kappa shape index (κ3) is 3.04. The highest BCUT2D eigenvalue weighted by Gasteiger charge is 2.32. The minimum absolute atomic E-state index is 0.0186. The fraction of sp³-hybridized carbons (Fsp3) is 0.462. The van der Waals surface area contributed by atoms with Gasteiger partial charge in [-0.2, -0.15) is 0 Å². The first kappa shape index (κ1) is 13.4. The molecule has 0 aliphatic carbocycles. The molecule has 1 aliphatic heterocycles. The van der Waals surface area contributed by atoms with Crippen molar-refractivity contribution in [1.82, 2.24) is 5.32 Å². The van der Waals surface area contributed by atoms with E-state index in [1.54, 1.807) is 11.8 Å². The molecule has 0 bridgehead atoms. The molecule has 2 rings (SSSR count). The number of hydrogen-bond donors (Lipinski definition) is 2. The van der Waals surface area contributed by atoms with Crippen LogP contribution in [-0.4, -0.2) is 38.5 Å². The Hall–Kier alpha value is -1.04. The van der Waals surface area contributed by atoms with Gasteiger partial charge in [-0.1, -0.05) is 6.07 Å². The summed E-state index contributed by atoms with van der Waals surface area (Å²) in [6, 6.07) is 7.96. The summed E-state index contributed by atoms with van der Waals surface area (Å²) in [6.07, 6.45) is 2.02. The Morgan fingerprint density at radius 3 is 3.00 bits per heavy atom. The fourth-order valence-electron chi connectivity index (χ4n) is 2.03. The van der Waals surface area contributed by atoms with Crippen molar-refractivity contribution in [3.63, 3.8) is 0 Å². The Kier molecular flexibility index (Phi) is 4.63. The normalized spacial score (nSPS) is 23.0. The lowest BCUT2D eigenvalue weighted by Crippen LogP contribution is -2.39. The van der Waals surface area contributed by atoms with Gasteiger partial charge in [0.15, 0.2) is 0 Å². The first-order valence-corrected chi connectivity index (χ1v) is 7.17. The van der Waals surface area contributed by atoms with Crippen molar-refractivity contribution in [2.45, 2.75) is 10.9 Å². The second kappa shape index (κ2) is 6.22. The van der Waals surface area contributed by atoms with Gasteiger partial charge in [0, 0.05) is 16.6 Å². The molecule has 1 aliphatic rings. The largest absolute Gasteiger partial charge is 0.379 e. The van der Waals surface area contributed by atoms with Crippen LogP contribution in [0.3, 0.4) is 0 Å². The van der Waals surface area contributed by atoms with Crippen molar-refractivity contribution in [3.8, 4) is 0 Å². The van der Waals surface area contributed by atoms with Gasteiger partial charge in [-0.05, 0) is 31.5 Å². The average Bonchev–Trinajstić information content (AvgIpc) is 2.87. The van der Waals surface area contributed by atoms with Gasteiger partial charge < -0.3 is 15.4 Å². The van der Waals surface area contributed by atoms with E-state index in [0.717, 1.165) is 10.6 Å². The number of anilines is 1. The fourth-order valence-corrected chi connectivity index (χ4v) is 2.49. The standard InChI is InChI=1S/C13H18N2O2S/c1-14-12-8-17-7-11(12)13(16)15-9-4-3-5-10(6-9)18-2/h3-6,11-12,14H,7-8H2,1-2H3,(H,15,16). The zero-order valence-corrected chi connectivity index (χ0v) is 11.4. The number of ether oxygens (including phenoxy) is 1. The van der Waals surface area contributed by atoms with Gasteiger partial charge in [0.2, 0.25) is 5.91 Å². The lowest BCUT2D eigenvalue weighted by Gasteiger charge is -2.16. The Morgan fingerprint density at radius 2 is 2.28 bits per heavy atom. The molecule has 1 amide bonds. The Labute approximate surface area is 111 Å². The van der Waals surface area contributed by atoms with E-state index in [-0.39, 0.29) is 17.9 Å². The van der Waals surface area contributed by atoms with Gasteiger partial charge in [-0.3, -0.25) is 4.79 Å². The summed E-state index contributed by atoms with van der Waals surface area (Å²) in [5.74, 6) is -0.0990. The average molecular weight is 266 g/mol. The summed E-state index contributed by atoms with van der Waals surface area (Å²) in [6.45, 7) is 1.08. The molecule has 98 valence electrons. The highest BCUT2D eigenvalue weighted by Crippen LogP contribution is 2.21. The van der Waals surface area contributed by atoms with Crippen molar-refractivity contribution in [2.24, 2.45) is 5.92 Å². The number of likely N-dealkylation sites (N-methyl/N-ethyl adjacent to an activating group) is 1. The topological polar surface area (TPSA) is 50.4 Å². The molecular formula is C13H18N2O2S. The maximum atomic E-state index is 12.1. The van der Waals surface area contributed by atoms with E-state index in [2.05, 4.69) is 10.6 Å².